The van der Waals surface area contributed by atoms with Gasteiger partial charge in [0.05, 0.1) is 22.8 Å². The minimum Gasteiger partial charge on any atom is -0.469 e. The molecule has 148 valence electrons. The Morgan fingerprint density at radius 1 is 1.25 bits per heavy atom. The number of halogens is 3. The molecule has 0 saturated heterocycles. The highest BCUT2D eigenvalue weighted by atomic mass is 32.2. The Hall–Kier alpha value is -2.75. The Labute approximate surface area is 163 Å². The Bertz CT molecular complexity index is 1020. The number of thioether (sulfide) groups is 1. The van der Waals surface area contributed by atoms with Crippen LogP contribution in [0.3, 0.4) is 0 Å². The number of amides is 1. The van der Waals surface area contributed by atoms with Gasteiger partial charge in [-0.3, -0.25) is 4.79 Å². The molecule has 0 aliphatic rings. The molecule has 0 radical (unpaired) electrons. The number of nitrogens with zero attached hydrogens (tertiary/aromatic N) is 3. The summed E-state index contributed by atoms with van der Waals surface area (Å²) in [6.45, 7) is 5.87. The van der Waals surface area contributed by atoms with Crippen LogP contribution in [0.4, 0.5) is 18.9 Å². The average molecular weight is 410 g/mol. The molecule has 0 saturated carbocycles. The van der Waals surface area contributed by atoms with Crippen LogP contribution in [0.15, 0.2) is 34.0 Å². The van der Waals surface area contributed by atoms with E-state index in [1.165, 1.54) is 0 Å². The molecule has 0 aliphatic heterocycles. The molecule has 6 nitrogen and oxygen atoms in total. The minimum absolute atomic E-state index is 0.428. The second-order valence-electron chi connectivity index (χ2n) is 5.91. The number of benzene rings is 1. The van der Waals surface area contributed by atoms with E-state index >= 15 is 0 Å². The number of hydrogen-bond acceptors (Lipinski definition) is 5. The molecule has 0 aliphatic carbocycles. The molecule has 0 bridgehead atoms. The fraction of sp³-hybridized carbons (Fsp3) is 0.278. The predicted molar refractivity (Wildman–Crippen MR) is 98.4 cm³/mol. The topological polar surface area (TPSA) is 73.0 Å². The maximum atomic E-state index is 13.8. The number of aromatic nitrogens is 3. The maximum absolute atomic E-state index is 13.8. The number of carbonyl (C=O) groups is 1. The van der Waals surface area contributed by atoms with E-state index in [0.717, 1.165) is 29.5 Å². The van der Waals surface area contributed by atoms with Gasteiger partial charge in [-0.25, -0.2) is 13.2 Å². The van der Waals surface area contributed by atoms with E-state index in [1.807, 2.05) is 18.4 Å². The van der Waals surface area contributed by atoms with Crippen LogP contribution in [0, 0.1) is 24.4 Å². The Kier molecular flexibility index (Phi) is 5.78. The van der Waals surface area contributed by atoms with E-state index in [9.17, 15) is 18.0 Å². The van der Waals surface area contributed by atoms with Crippen molar-refractivity contribution in [2.24, 2.45) is 0 Å². The van der Waals surface area contributed by atoms with Crippen LogP contribution in [-0.2, 0) is 11.3 Å². The van der Waals surface area contributed by atoms with E-state index < -0.39 is 34.3 Å². The van der Waals surface area contributed by atoms with Gasteiger partial charge in [0.15, 0.2) is 28.4 Å². The van der Waals surface area contributed by atoms with Gasteiger partial charge < -0.3 is 14.3 Å². The first-order valence-electron chi connectivity index (χ1n) is 8.42. The van der Waals surface area contributed by atoms with Crippen molar-refractivity contribution in [2.75, 3.05) is 5.32 Å². The standard InChI is InChI=1S/C18H17F3N4O2S/c1-4-25-16(11-7-8-27-9(11)2)23-24-18(25)28-10(3)17(26)22-13-6-5-12(19)14(20)15(13)21/h5-8,10H,4H2,1-3H3,(H,22,26)/t10-/m1/s1. The third kappa shape index (κ3) is 3.77. The van der Waals surface area contributed by atoms with Gasteiger partial charge in [0.1, 0.15) is 5.76 Å². The number of anilines is 1. The lowest BCUT2D eigenvalue weighted by Gasteiger charge is -2.13. The molecule has 3 rings (SSSR count). The van der Waals surface area contributed by atoms with Gasteiger partial charge >= 0.3 is 0 Å². The zero-order valence-corrected chi connectivity index (χ0v) is 16.1. The van der Waals surface area contributed by atoms with Crippen LogP contribution in [0.1, 0.15) is 19.6 Å². The maximum Gasteiger partial charge on any atom is 0.237 e. The second-order valence-corrected chi connectivity index (χ2v) is 7.22. The molecule has 0 unspecified atom stereocenters. The van der Waals surface area contributed by atoms with Gasteiger partial charge in [-0.15, -0.1) is 10.2 Å². The molecule has 2 aromatic heterocycles. The van der Waals surface area contributed by atoms with E-state index in [4.69, 9.17) is 4.42 Å². The lowest BCUT2D eigenvalue weighted by molar-refractivity contribution is -0.115. The summed E-state index contributed by atoms with van der Waals surface area (Å²) in [5.41, 5.74) is 0.366. The second kappa shape index (κ2) is 8.09. The molecule has 0 fully saturated rings. The quantitative estimate of drug-likeness (QED) is 0.482. The summed E-state index contributed by atoms with van der Waals surface area (Å²) >= 11 is 1.12. The van der Waals surface area contributed by atoms with Crippen LogP contribution in [-0.4, -0.2) is 25.9 Å². The normalized spacial score (nSPS) is 12.2. The van der Waals surface area contributed by atoms with Crippen molar-refractivity contribution in [1.29, 1.82) is 0 Å². The zero-order valence-electron chi connectivity index (χ0n) is 15.3. The summed E-state index contributed by atoms with van der Waals surface area (Å²) in [5, 5.41) is 10.4. The minimum atomic E-state index is -1.64. The van der Waals surface area contributed by atoms with Crippen LogP contribution in [0.2, 0.25) is 0 Å². The summed E-state index contributed by atoms with van der Waals surface area (Å²) in [7, 11) is 0. The first-order chi connectivity index (χ1) is 13.3. The summed E-state index contributed by atoms with van der Waals surface area (Å²) in [5.74, 6) is -3.68. The van der Waals surface area contributed by atoms with E-state index in [0.29, 0.717) is 23.3 Å². The van der Waals surface area contributed by atoms with E-state index in [1.54, 1.807) is 19.3 Å². The lowest BCUT2D eigenvalue weighted by atomic mass is 10.2. The molecular formula is C18H17F3N4O2S. The predicted octanol–water partition coefficient (Wildman–Crippen LogP) is 4.40. The molecule has 1 atom stereocenters. The van der Waals surface area contributed by atoms with Gasteiger partial charge in [0, 0.05) is 6.54 Å². The summed E-state index contributed by atoms with van der Waals surface area (Å²) in [4.78, 5) is 12.4. The summed E-state index contributed by atoms with van der Waals surface area (Å²) < 4.78 is 47.2. The fourth-order valence-corrected chi connectivity index (χ4v) is 3.46. The van der Waals surface area contributed by atoms with Crippen molar-refractivity contribution in [3.05, 3.63) is 47.7 Å². The molecule has 28 heavy (non-hydrogen) atoms. The van der Waals surface area contributed by atoms with Gasteiger partial charge in [-0.1, -0.05) is 11.8 Å². The Balaban J connectivity index is 1.77. The van der Waals surface area contributed by atoms with E-state index in [-0.39, 0.29) is 0 Å². The molecule has 2 heterocycles. The molecule has 1 aromatic carbocycles. The molecule has 1 amide bonds. The fourth-order valence-electron chi connectivity index (χ4n) is 2.55. The number of aryl methyl sites for hydroxylation is 1. The molecule has 0 spiro atoms. The number of furan rings is 1. The first-order valence-corrected chi connectivity index (χ1v) is 9.30. The number of hydrogen-bond donors (Lipinski definition) is 1. The lowest BCUT2D eigenvalue weighted by Crippen LogP contribution is -2.23. The van der Waals surface area contributed by atoms with Crippen LogP contribution >= 0.6 is 11.8 Å². The van der Waals surface area contributed by atoms with Crippen LogP contribution < -0.4 is 5.32 Å². The summed E-state index contributed by atoms with van der Waals surface area (Å²) in [6.07, 6.45) is 1.55. The van der Waals surface area contributed by atoms with Crippen LogP contribution in [0.5, 0.6) is 0 Å². The average Bonchev–Trinajstić information content (AvgIpc) is 3.27. The van der Waals surface area contributed by atoms with E-state index in [2.05, 4.69) is 15.5 Å². The smallest absolute Gasteiger partial charge is 0.237 e. The van der Waals surface area contributed by atoms with Crippen molar-refractivity contribution >= 4 is 23.4 Å². The highest BCUT2D eigenvalue weighted by molar-refractivity contribution is 8.00. The Morgan fingerprint density at radius 3 is 2.64 bits per heavy atom. The van der Waals surface area contributed by atoms with Crippen LogP contribution in [0.25, 0.3) is 11.4 Å². The highest BCUT2D eigenvalue weighted by Gasteiger charge is 2.23. The van der Waals surface area contributed by atoms with Crippen molar-refractivity contribution in [1.82, 2.24) is 14.8 Å². The molecule has 3 aromatic rings. The largest absolute Gasteiger partial charge is 0.469 e. The molecule has 1 N–H and O–H groups in total. The van der Waals surface area contributed by atoms with Gasteiger partial charge in [-0.2, -0.15) is 0 Å². The number of nitrogens with one attached hydrogen (secondary N) is 1. The third-order valence-corrected chi connectivity index (χ3v) is 5.16. The summed E-state index contributed by atoms with van der Waals surface area (Å²) in [6, 6.07) is 3.50. The Morgan fingerprint density at radius 2 is 2.00 bits per heavy atom. The third-order valence-electron chi connectivity index (χ3n) is 4.08. The number of rotatable bonds is 6. The zero-order chi connectivity index (χ0) is 20.4. The van der Waals surface area contributed by atoms with Crippen molar-refractivity contribution in [3.63, 3.8) is 0 Å². The first kappa shape index (κ1) is 20.0. The van der Waals surface area contributed by atoms with Crippen molar-refractivity contribution < 1.29 is 22.4 Å². The number of carbonyl (C=O) groups excluding carboxylic acids is 1. The highest BCUT2D eigenvalue weighted by Crippen LogP contribution is 2.29. The molecular weight excluding hydrogens is 393 g/mol. The molecule has 10 heteroatoms. The van der Waals surface area contributed by atoms with Crippen molar-refractivity contribution in [3.8, 4) is 11.4 Å². The SMILES string of the molecule is CCn1c(S[C@H](C)C(=O)Nc2ccc(F)c(F)c2F)nnc1-c1ccoc1C. The van der Waals surface area contributed by atoms with Crippen molar-refractivity contribution in [2.45, 2.75) is 37.7 Å². The van der Waals surface area contributed by atoms with Gasteiger partial charge in [0.2, 0.25) is 5.91 Å². The van der Waals surface area contributed by atoms with Gasteiger partial charge in [0.25, 0.3) is 0 Å². The van der Waals surface area contributed by atoms with Gasteiger partial charge in [-0.05, 0) is 39.0 Å². The monoisotopic (exact) mass is 410 g/mol.